The Kier molecular flexibility index (Phi) is 5.53. The molecule has 0 heterocycles. The molecule has 2 rings (SSSR count). The van der Waals surface area contributed by atoms with E-state index in [0.717, 1.165) is 16.3 Å². The fourth-order valence-electron chi connectivity index (χ4n) is 2.19. The van der Waals surface area contributed by atoms with E-state index in [1.807, 2.05) is 18.2 Å². The number of nitrogens with two attached hydrogens (primary N) is 1. The van der Waals surface area contributed by atoms with Crippen molar-refractivity contribution in [3.05, 3.63) is 64.7 Å². The van der Waals surface area contributed by atoms with E-state index in [1.165, 1.54) is 11.1 Å². The Morgan fingerprint density at radius 2 is 1.90 bits per heavy atom. The third-order valence-corrected chi connectivity index (χ3v) is 5.03. The molecule has 0 fully saturated rings. The van der Waals surface area contributed by atoms with Crippen LogP contribution in [-0.2, 0) is 0 Å². The van der Waals surface area contributed by atoms with Crippen LogP contribution in [0.1, 0.15) is 29.7 Å². The maximum atomic E-state index is 6.35. The van der Waals surface area contributed by atoms with Crippen LogP contribution in [0.2, 0.25) is 5.02 Å². The molecule has 0 amide bonds. The summed E-state index contributed by atoms with van der Waals surface area (Å²) in [6, 6.07) is 16.6. The quantitative estimate of drug-likeness (QED) is 0.766. The number of benzene rings is 2. The summed E-state index contributed by atoms with van der Waals surface area (Å²) in [6.07, 6.45) is 0.951. The van der Waals surface area contributed by atoms with Gasteiger partial charge in [-0.3, -0.25) is 0 Å². The van der Waals surface area contributed by atoms with Crippen LogP contribution in [0.3, 0.4) is 0 Å². The first-order valence-corrected chi connectivity index (χ1v) is 8.11. The second kappa shape index (κ2) is 7.16. The van der Waals surface area contributed by atoms with Gasteiger partial charge in [-0.25, -0.2) is 0 Å². The molecule has 2 N–H and O–H groups in total. The van der Waals surface area contributed by atoms with Crippen LogP contribution < -0.4 is 5.73 Å². The van der Waals surface area contributed by atoms with E-state index in [0.29, 0.717) is 0 Å². The maximum Gasteiger partial charge on any atom is 0.0498 e. The summed E-state index contributed by atoms with van der Waals surface area (Å²) < 4.78 is 0. The maximum absolute atomic E-state index is 6.35. The van der Waals surface area contributed by atoms with E-state index in [2.05, 4.69) is 44.2 Å². The highest BCUT2D eigenvalue weighted by atomic mass is 35.5. The van der Waals surface area contributed by atoms with E-state index >= 15 is 0 Å². The van der Waals surface area contributed by atoms with Crippen molar-refractivity contribution in [1.29, 1.82) is 0 Å². The van der Waals surface area contributed by atoms with Gasteiger partial charge in [-0.1, -0.05) is 48.9 Å². The molecule has 0 spiro atoms. The SMILES string of the molecule is CCC(N)C(Sc1cccc(Cl)c1)c1ccccc1C. The van der Waals surface area contributed by atoms with Gasteiger partial charge in [0.25, 0.3) is 0 Å². The highest BCUT2D eigenvalue weighted by Crippen LogP contribution is 2.39. The number of aryl methyl sites for hydroxylation is 1. The minimum absolute atomic E-state index is 0.125. The third-order valence-electron chi connectivity index (χ3n) is 3.41. The predicted molar refractivity (Wildman–Crippen MR) is 89.5 cm³/mol. The summed E-state index contributed by atoms with van der Waals surface area (Å²) in [4.78, 5) is 1.16. The topological polar surface area (TPSA) is 26.0 Å². The second-order valence-corrected chi connectivity index (χ2v) is 6.58. The Labute approximate surface area is 130 Å². The monoisotopic (exact) mass is 305 g/mol. The van der Waals surface area contributed by atoms with Crippen LogP contribution >= 0.6 is 23.4 Å². The van der Waals surface area contributed by atoms with Crippen molar-refractivity contribution in [2.45, 2.75) is 36.5 Å². The van der Waals surface area contributed by atoms with Crippen molar-refractivity contribution in [1.82, 2.24) is 0 Å². The molecule has 1 nitrogen and oxygen atoms in total. The molecule has 0 aliphatic heterocycles. The Morgan fingerprint density at radius 3 is 2.55 bits per heavy atom. The molecule has 3 heteroatoms. The van der Waals surface area contributed by atoms with Gasteiger partial charge in [0, 0.05) is 21.2 Å². The van der Waals surface area contributed by atoms with Gasteiger partial charge in [0.15, 0.2) is 0 Å². The van der Waals surface area contributed by atoms with Crippen molar-refractivity contribution in [3.8, 4) is 0 Å². The van der Waals surface area contributed by atoms with Crippen LogP contribution in [0.4, 0.5) is 0 Å². The molecule has 0 aliphatic carbocycles. The summed E-state index contributed by atoms with van der Waals surface area (Å²) in [5, 5.41) is 1.02. The van der Waals surface area contributed by atoms with Gasteiger partial charge < -0.3 is 5.73 Å². The van der Waals surface area contributed by atoms with Crippen molar-refractivity contribution >= 4 is 23.4 Å². The lowest BCUT2D eigenvalue weighted by Crippen LogP contribution is -2.26. The summed E-state index contributed by atoms with van der Waals surface area (Å²) >= 11 is 7.87. The minimum Gasteiger partial charge on any atom is -0.326 e. The number of rotatable bonds is 5. The first-order valence-electron chi connectivity index (χ1n) is 6.85. The average molecular weight is 306 g/mol. The fourth-order valence-corrected chi connectivity index (χ4v) is 3.85. The molecule has 0 radical (unpaired) electrons. The molecule has 0 saturated carbocycles. The molecule has 2 unspecified atom stereocenters. The van der Waals surface area contributed by atoms with Crippen molar-refractivity contribution in [2.24, 2.45) is 5.73 Å². The standard InChI is InChI=1S/C17H20ClNS/c1-3-16(19)17(15-10-5-4-7-12(15)2)20-14-9-6-8-13(18)11-14/h4-11,16-17H,3,19H2,1-2H3. The van der Waals surface area contributed by atoms with Gasteiger partial charge in [0.2, 0.25) is 0 Å². The molecule has 106 valence electrons. The number of halogens is 1. The number of thioether (sulfide) groups is 1. The smallest absolute Gasteiger partial charge is 0.0498 e. The second-order valence-electron chi connectivity index (χ2n) is 4.92. The van der Waals surface area contributed by atoms with Gasteiger partial charge in [0.05, 0.1) is 0 Å². The van der Waals surface area contributed by atoms with Crippen molar-refractivity contribution < 1.29 is 0 Å². The summed E-state index contributed by atoms with van der Waals surface area (Å²) in [5.41, 5.74) is 8.95. The van der Waals surface area contributed by atoms with Crippen molar-refractivity contribution in [2.75, 3.05) is 0 Å². The Bertz CT molecular complexity index is 570. The molecule has 0 bridgehead atoms. The molecule has 2 aromatic carbocycles. The summed E-state index contributed by atoms with van der Waals surface area (Å²) in [5.74, 6) is 0. The lowest BCUT2D eigenvalue weighted by atomic mass is 10.00. The average Bonchev–Trinajstić information content (AvgIpc) is 2.45. The molecule has 0 aliphatic rings. The zero-order chi connectivity index (χ0) is 14.5. The van der Waals surface area contributed by atoms with Gasteiger partial charge in [-0.05, 0) is 42.7 Å². The zero-order valence-corrected chi connectivity index (χ0v) is 13.4. The third kappa shape index (κ3) is 3.78. The Balaban J connectivity index is 2.32. The molecule has 2 aromatic rings. The lowest BCUT2D eigenvalue weighted by molar-refractivity contribution is 0.632. The first kappa shape index (κ1) is 15.4. The molecule has 0 saturated heterocycles. The molecule has 2 atom stereocenters. The summed E-state index contributed by atoms with van der Waals surface area (Å²) in [7, 11) is 0. The number of hydrogen-bond donors (Lipinski definition) is 1. The van der Waals surface area contributed by atoms with Gasteiger partial charge >= 0.3 is 0 Å². The fraction of sp³-hybridized carbons (Fsp3) is 0.294. The van der Waals surface area contributed by atoms with Crippen molar-refractivity contribution in [3.63, 3.8) is 0 Å². The Hall–Kier alpha value is -0.960. The highest BCUT2D eigenvalue weighted by Gasteiger charge is 2.21. The predicted octanol–water partition coefficient (Wildman–Crippen LogP) is 5.22. The Morgan fingerprint density at radius 1 is 1.15 bits per heavy atom. The minimum atomic E-state index is 0.125. The van der Waals surface area contributed by atoms with Crippen LogP contribution in [0.5, 0.6) is 0 Å². The molecule has 20 heavy (non-hydrogen) atoms. The van der Waals surface area contributed by atoms with E-state index in [9.17, 15) is 0 Å². The molecular weight excluding hydrogens is 286 g/mol. The van der Waals surface area contributed by atoms with Gasteiger partial charge in [-0.2, -0.15) is 0 Å². The number of hydrogen-bond acceptors (Lipinski definition) is 2. The molecular formula is C17H20ClNS. The van der Waals surface area contributed by atoms with Gasteiger partial charge in [0.1, 0.15) is 0 Å². The van der Waals surface area contributed by atoms with E-state index in [4.69, 9.17) is 17.3 Å². The van der Waals surface area contributed by atoms with Crippen LogP contribution in [0, 0.1) is 6.92 Å². The van der Waals surface area contributed by atoms with Crippen LogP contribution in [-0.4, -0.2) is 6.04 Å². The normalized spacial score (nSPS) is 14.0. The van der Waals surface area contributed by atoms with Crippen LogP contribution in [0.15, 0.2) is 53.4 Å². The van der Waals surface area contributed by atoms with Crippen LogP contribution in [0.25, 0.3) is 0 Å². The largest absolute Gasteiger partial charge is 0.326 e. The lowest BCUT2D eigenvalue weighted by Gasteiger charge is -2.24. The molecule has 0 aromatic heterocycles. The zero-order valence-electron chi connectivity index (χ0n) is 11.8. The van der Waals surface area contributed by atoms with Gasteiger partial charge in [-0.15, -0.1) is 11.8 Å². The first-order chi connectivity index (χ1) is 9.61. The van der Waals surface area contributed by atoms with E-state index < -0.39 is 0 Å². The summed E-state index contributed by atoms with van der Waals surface area (Å²) in [6.45, 7) is 4.28. The van der Waals surface area contributed by atoms with E-state index in [-0.39, 0.29) is 11.3 Å². The highest BCUT2D eigenvalue weighted by molar-refractivity contribution is 7.99. The van der Waals surface area contributed by atoms with E-state index in [1.54, 1.807) is 11.8 Å².